The third-order valence-corrected chi connectivity index (χ3v) is 13.1. The summed E-state index contributed by atoms with van der Waals surface area (Å²) in [7, 11) is 2.73. The standard InChI is InChI=1S/C56H78N16O13/c1-30(2)23-41(50(80)65-39(17-12-22-61-55(59)60-5)49(79)66-40(48(58)78)26-35-28-62-38-16-11-10-15-37(35)38)68-56(85)71-70-52(82)42(24-33-13-8-7-9-14-33)67-53(83)47(31(3)73)69-51(81)43(27-45(57)76)64-46(77)29-72(6)54(84)44(63-32(4)74)25-34-18-20-36(75)21-19-34/h7-11,13-16,18-21,28,30-31,39-44,47,62,73,75H,12,17,22-27,29H2,1-6H3,(H2,57,76)(H2,58,78)(H,63,74)(H,64,77)(H,65,80)(H,66,79)(H,67,83)(H,69,81)(H,70,82)(H3,59,60,61)(H2,68,71,85)/t31-,39+,40+,41+,42+,43+,44-,47+/m1/s1. The largest absolute Gasteiger partial charge is 0.508 e. The number of aromatic hydroxyl groups is 1. The van der Waals surface area contributed by atoms with E-state index in [4.69, 9.17) is 17.2 Å². The molecule has 0 bridgehead atoms. The van der Waals surface area contributed by atoms with E-state index in [0.29, 0.717) is 16.7 Å². The van der Waals surface area contributed by atoms with Crippen molar-refractivity contribution in [2.24, 2.45) is 28.1 Å². The van der Waals surface area contributed by atoms with Gasteiger partial charge in [0.2, 0.25) is 53.2 Å². The molecule has 29 heteroatoms. The van der Waals surface area contributed by atoms with Crippen molar-refractivity contribution < 1.29 is 63.0 Å². The number of likely N-dealkylation sites (N-methyl/N-ethyl adjacent to an activating group) is 1. The smallest absolute Gasteiger partial charge is 0.334 e. The van der Waals surface area contributed by atoms with Gasteiger partial charge in [0.1, 0.15) is 48.0 Å². The highest BCUT2D eigenvalue weighted by molar-refractivity contribution is 5.98. The van der Waals surface area contributed by atoms with Crippen LogP contribution >= 0.6 is 0 Å². The van der Waals surface area contributed by atoms with Crippen molar-refractivity contribution >= 4 is 82.0 Å². The Kier molecular flexibility index (Phi) is 26.6. The number of hydrogen-bond acceptors (Lipinski definition) is 14. The maximum absolute atomic E-state index is 14.1. The molecule has 0 saturated heterocycles. The lowest BCUT2D eigenvalue weighted by atomic mass is 10.0. The molecule has 0 unspecified atom stereocenters. The van der Waals surface area contributed by atoms with Crippen LogP contribution in [0.5, 0.6) is 5.75 Å². The van der Waals surface area contributed by atoms with Crippen LogP contribution < -0.4 is 70.6 Å². The monoisotopic (exact) mass is 1180 g/mol. The predicted molar refractivity (Wildman–Crippen MR) is 311 cm³/mol. The summed E-state index contributed by atoms with van der Waals surface area (Å²) < 4.78 is 0. The average molecular weight is 1180 g/mol. The third kappa shape index (κ3) is 22.8. The van der Waals surface area contributed by atoms with E-state index >= 15 is 0 Å². The SMILES string of the molecule is CN=C(N)NCCC[C@H](NC(=O)[C@H](CC(C)C)NC(=O)NNC(=O)[C@H](Cc1ccccc1)NC(=O)[C@@H](NC(=O)[C@H](CC(N)=O)NC(=O)CN(C)C(=O)[C@@H](Cc1ccc(O)cc1)NC(C)=O)[C@@H](C)O)C(=O)N[C@@H](Cc1c[nH]c2ccccc12)C(N)=O. The molecule has 4 rings (SSSR count). The first kappa shape index (κ1) is 67.7. The van der Waals surface area contributed by atoms with Crippen LogP contribution in [0, 0.1) is 5.92 Å². The van der Waals surface area contributed by atoms with Crippen molar-refractivity contribution in [3.63, 3.8) is 0 Å². The number of carbonyl (C=O) groups is 11. The molecule has 29 nitrogen and oxygen atoms in total. The van der Waals surface area contributed by atoms with Crippen LogP contribution in [0.4, 0.5) is 4.79 Å². The lowest BCUT2D eigenvalue weighted by Crippen LogP contribution is -2.62. The molecule has 8 atom stereocenters. The number of H-pyrrole nitrogens is 1. The highest BCUT2D eigenvalue weighted by Gasteiger charge is 2.35. The molecule has 1 aromatic heterocycles. The lowest BCUT2D eigenvalue weighted by molar-refractivity contribution is -0.139. The number of para-hydroxylation sites is 1. The molecule has 0 fully saturated rings. The Balaban J connectivity index is 1.46. The summed E-state index contributed by atoms with van der Waals surface area (Å²) in [4.78, 5) is 155. The Morgan fingerprint density at radius 1 is 0.635 bits per heavy atom. The van der Waals surface area contributed by atoms with Gasteiger partial charge in [-0.3, -0.25) is 58.4 Å². The van der Waals surface area contributed by atoms with Gasteiger partial charge in [-0.15, -0.1) is 0 Å². The van der Waals surface area contributed by atoms with Gasteiger partial charge in [-0.2, -0.15) is 0 Å². The number of nitrogens with zero attached hydrogens (tertiary/aromatic N) is 2. The third-order valence-electron chi connectivity index (χ3n) is 13.1. The summed E-state index contributed by atoms with van der Waals surface area (Å²) in [6, 6.07) is 10.3. The minimum atomic E-state index is -1.85. The van der Waals surface area contributed by atoms with Gasteiger partial charge in [-0.1, -0.05) is 74.5 Å². The zero-order valence-corrected chi connectivity index (χ0v) is 48.2. The molecule has 0 aliphatic rings. The quantitative estimate of drug-likeness (QED) is 0.0104. The molecule has 1 heterocycles. The fraction of sp³-hybridized carbons (Fsp3) is 0.429. The number of fused-ring (bicyclic) bond motifs is 1. The second-order valence-electron chi connectivity index (χ2n) is 20.6. The summed E-state index contributed by atoms with van der Waals surface area (Å²) in [6.07, 6.45) is -0.696. The van der Waals surface area contributed by atoms with E-state index in [0.717, 1.165) is 22.7 Å². The van der Waals surface area contributed by atoms with Gasteiger partial charge < -0.3 is 79.8 Å². The highest BCUT2D eigenvalue weighted by Crippen LogP contribution is 2.20. The van der Waals surface area contributed by atoms with Gasteiger partial charge in [0.25, 0.3) is 5.91 Å². The van der Waals surface area contributed by atoms with Gasteiger partial charge in [0.05, 0.1) is 19.1 Å². The van der Waals surface area contributed by atoms with Crippen molar-refractivity contribution in [3.05, 3.63) is 102 Å². The first-order valence-electron chi connectivity index (χ1n) is 27.2. The molecular weight excluding hydrogens is 1100 g/mol. The molecule has 0 aliphatic heterocycles. The molecular formula is C56H78N16O13. The number of aliphatic imine (C=N–C) groups is 1. The molecule has 0 radical (unpaired) electrons. The highest BCUT2D eigenvalue weighted by atomic mass is 16.3. The number of nitrogens with two attached hydrogens (primary N) is 3. The number of guanidine groups is 1. The van der Waals surface area contributed by atoms with Crippen molar-refractivity contribution in [3.8, 4) is 5.75 Å². The summed E-state index contributed by atoms with van der Waals surface area (Å²) in [5, 5.41) is 41.5. The summed E-state index contributed by atoms with van der Waals surface area (Å²) in [6.45, 7) is 5.41. The maximum atomic E-state index is 14.1. The van der Waals surface area contributed by atoms with Crippen LogP contribution in [0.15, 0.2) is 90.1 Å². The van der Waals surface area contributed by atoms with Crippen LogP contribution in [0.3, 0.4) is 0 Å². The fourth-order valence-electron chi connectivity index (χ4n) is 8.76. The Morgan fingerprint density at radius 3 is 1.86 bits per heavy atom. The van der Waals surface area contributed by atoms with E-state index < -0.39 is 126 Å². The summed E-state index contributed by atoms with van der Waals surface area (Å²) in [5.74, 6) is -9.14. The van der Waals surface area contributed by atoms with Crippen LogP contribution in [0.2, 0.25) is 0 Å². The Hall–Kier alpha value is -9.80. The number of carbonyl (C=O) groups excluding carboxylic acids is 11. The lowest BCUT2D eigenvalue weighted by Gasteiger charge is -2.27. The van der Waals surface area contributed by atoms with Gasteiger partial charge >= 0.3 is 6.03 Å². The van der Waals surface area contributed by atoms with Crippen LogP contribution in [-0.2, 0) is 67.2 Å². The minimum absolute atomic E-state index is 0.0189. The van der Waals surface area contributed by atoms with Gasteiger partial charge in [-0.05, 0) is 67.0 Å². The molecule has 0 saturated carbocycles. The molecule has 0 spiro atoms. The molecule has 0 aliphatic carbocycles. The van der Waals surface area contributed by atoms with Crippen LogP contribution in [-0.4, -0.2) is 167 Å². The average Bonchev–Trinajstić information content (AvgIpc) is 4.15. The van der Waals surface area contributed by atoms with Crippen molar-refractivity contribution in [1.82, 2.24) is 63.3 Å². The first-order valence-corrected chi connectivity index (χ1v) is 27.2. The molecule has 85 heavy (non-hydrogen) atoms. The van der Waals surface area contributed by atoms with E-state index in [2.05, 4.69) is 63.4 Å². The van der Waals surface area contributed by atoms with Crippen LogP contribution in [0.1, 0.15) is 70.1 Å². The Bertz CT molecular complexity index is 3010. The number of rotatable bonds is 31. The Morgan fingerprint density at radius 2 is 1.24 bits per heavy atom. The topological polar surface area (TPSA) is 458 Å². The number of aromatic nitrogens is 1. The zero-order valence-electron chi connectivity index (χ0n) is 48.2. The normalized spacial score (nSPS) is 14.0. The van der Waals surface area contributed by atoms with Crippen molar-refractivity contribution in [1.29, 1.82) is 0 Å². The predicted octanol–water partition coefficient (Wildman–Crippen LogP) is -2.91. The minimum Gasteiger partial charge on any atom is -0.508 e. The number of aliphatic hydroxyl groups is 1. The van der Waals surface area contributed by atoms with Crippen molar-refractivity contribution in [2.45, 2.75) is 121 Å². The fourth-order valence-corrected chi connectivity index (χ4v) is 8.76. The number of aliphatic hydroxyl groups excluding tert-OH is 1. The number of urea groups is 1. The number of nitrogens with one attached hydrogen (secondary N) is 11. The molecule has 4 aromatic rings. The van der Waals surface area contributed by atoms with E-state index in [1.54, 1.807) is 50.4 Å². The number of phenolic OH excluding ortho intramolecular Hbond substituents is 1. The van der Waals surface area contributed by atoms with E-state index in [9.17, 15) is 63.0 Å². The summed E-state index contributed by atoms with van der Waals surface area (Å²) >= 11 is 0. The molecule has 12 amide bonds. The maximum Gasteiger partial charge on any atom is 0.334 e. The van der Waals surface area contributed by atoms with Gasteiger partial charge in [-0.25, -0.2) is 10.2 Å². The number of primary amides is 2. The van der Waals surface area contributed by atoms with E-state index in [-0.39, 0.29) is 62.7 Å². The number of hydrogen-bond donors (Lipinski definition) is 16. The molecule has 19 N–H and O–H groups in total. The molecule has 3 aromatic carbocycles. The Labute approximate surface area is 490 Å². The second kappa shape index (κ2) is 33.3. The van der Waals surface area contributed by atoms with Gasteiger partial charge in [0.15, 0.2) is 5.96 Å². The number of amides is 12. The number of aromatic amines is 1. The number of phenols is 1. The van der Waals surface area contributed by atoms with E-state index in [1.165, 1.54) is 45.3 Å². The second-order valence-corrected chi connectivity index (χ2v) is 20.6. The zero-order chi connectivity index (χ0) is 62.9. The summed E-state index contributed by atoms with van der Waals surface area (Å²) in [5.41, 5.74) is 23.9. The van der Waals surface area contributed by atoms with E-state index in [1.807, 2.05) is 24.3 Å². The van der Waals surface area contributed by atoms with Gasteiger partial charge in [0, 0.05) is 63.9 Å². The first-order chi connectivity index (χ1) is 40.2. The number of hydrazine groups is 1. The number of benzene rings is 3. The van der Waals surface area contributed by atoms with Crippen LogP contribution in [0.25, 0.3) is 10.9 Å². The van der Waals surface area contributed by atoms with Crippen molar-refractivity contribution in [2.75, 3.05) is 27.2 Å². The molecule has 460 valence electrons.